The van der Waals surface area contributed by atoms with Gasteiger partial charge in [-0.2, -0.15) is 9.97 Å². The van der Waals surface area contributed by atoms with Gasteiger partial charge in [-0.15, -0.1) is 0 Å². The van der Waals surface area contributed by atoms with Crippen molar-refractivity contribution in [1.29, 1.82) is 0 Å². The van der Waals surface area contributed by atoms with Gasteiger partial charge in [0.05, 0.1) is 19.3 Å². The minimum atomic E-state index is -0.750. The van der Waals surface area contributed by atoms with Crippen LogP contribution in [0.15, 0.2) is 48.7 Å². The Morgan fingerprint density at radius 3 is 2.68 bits per heavy atom. The predicted octanol–water partition coefficient (Wildman–Crippen LogP) is 3.46. The minimum absolute atomic E-state index is 0.371. The number of nitrogens with zero attached hydrogens (tertiary/aromatic N) is 6. The molecule has 0 spiro atoms. The second-order valence-electron chi connectivity index (χ2n) is 10.8. The molecule has 2 aromatic carbocycles. The molecular formula is C31H37FN6O3. The summed E-state index contributed by atoms with van der Waals surface area (Å²) in [7, 11) is 1.70. The number of likely N-dealkylation sites (tertiary alicyclic amines) is 1. The lowest BCUT2D eigenvalue weighted by atomic mass is 10.0. The van der Waals surface area contributed by atoms with E-state index in [4.69, 9.17) is 19.4 Å². The largest absolute Gasteiger partial charge is 0.497 e. The van der Waals surface area contributed by atoms with Gasteiger partial charge in [-0.05, 0) is 30.4 Å². The first kappa shape index (κ1) is 27.3. The molecule has 6 rings (SSSR count). The number of rotatable bonds is 9. The Morgan fingerprint density at radius 2 is 1.90 bits per heavy atom. The Balaban J connectivity index is 1.27. The van der Waals surface area contributed by atoms with Crippen LogP contribution in [0.1, 0.15) is 17.7 Å². The van der Waals surface area contributed by atoms with E-state index in [1.54, 1.807) is 7.11 Å². The van der Waals surface area contributed by atoms with Crippen LogP contribution >= 0.6 is 0 Å². The zero-order chi connectivity index (χ0) is 28.2. The highest BCUT2D eigenvalue weighted by Gasteiger charge is 2.28. The van der Waals surface area contributed by atoms with E-state index in [1.807, 2.05) is 12.3 Å². The van der Waals surface area contributed by atoms with E-state index in [2.05, 4.69) is 49.9 Å². The summed E-state index contributed by atoms with van der Waals surface area (Å²) in [5.74, 6) is 1.76. The summed E-state index contributed by atoms with van der Waals surface area (Å²) in [5, 5.41) is 2.32. The quantitative estimate of drug-likeness (QED) is 0.289. The van der Waals surface area contributed by atoms with Crippen molar-refractivity contribution in [2.24, 2.45) is 0 Å². The Kier molecular flexibility index (Phi) is 8.18. The van der Waals surface area contributed by atoms with Crippen molar-refractivity contribution in [3.05, 3.63) is 59.9 Å². The summed E-state index contributed by atoms with van der Waals surface area (Å²) in [6.45, 7) is 6.96. The number of fused-ring (bicyclic) bond motifs is 2. The molecule has 0 radical (unpaired) electrons. The zero-order valence-electron chi connectivity index (χ0n) is 23.5. The number of carbonyl (C=O) groups is 1. The molecule has 2 fully saturated rings. The molecule has 0 N–H and O–H groups in total. The molecule has 0 amide bonds. The summed E-state index contributed by atoms with van der Waals surface area (Å²) < 4.78 is 25.4. The second-order valence-corrected chi connectivity index (χ2v) is 10.8. The lowest BCUT2D eigenvalue weighted by molar-refractivity contribution is -0.104. The summed E-state index contributed by atoms with van der Waals surface area (Å²) in [6.07, 6.45) is 4.85. The summed E-state index contributed by atoms with van der Waals surface area (Å²) in [6, 6.07) is 12.9. The molecule has 10 heteroatoms. The fourth-order valence-corrected chi connectivity index (χ4v) is 6.06. The fraction of sp³-hybridized carbons (Fsp3) is 0.452. The van der Waals surface area contributed by atoms with E-state index in [-0.39, 0.29) is 0 Å². The van der Waals surface area contributed by atoms with Crippen molar-refractivity contribution in [3.8, 4) is 11.8 Å². The summed E-state index contributed by atoms with van der Waals surface area (Å²) in [4.78, 5) is 29.5. The van der Waals surface area contributed by atoms with Gasteiger partial charge in [0, 0.05) is 81.3 Å². The number of carbonyl (C=O) groups excluding carboxylic acids is 1. The average Bonchev–Trinajstić information content (AvgIpc) is 3.43. The number of piperazine rings is 1. The maximum atomic E-state index is 13.6. The van der Waals surface area contributed by atoms with Gasteiger partial charge in [0.15, 0.2) is 0 Å². The maximum Gasteiger partial charge on any atom is 0.318 e. The van der Waals surface area contributed by atoms with Crippen LogP contribution in [-0.2, 0) is 17.8 Å². The number of hydrogen-bond acceptors (Lipinski definition) is 9. The minimum Gasteiger partial charge on any atom is -0.497 e. The van der Waals surface area contributed by atoms with Gasteiger partial charge in [0.2, 0.25) is 0 Å². The van der Waals surface area contributed by atoms with Crippen molar-refractivity contribution < 1.29 is 18.7 Å². The molecule has 3 aromatic rings. The molecule has 1 aromatic heterocycles. The smallest absolute Gasteiger partial charge is 0.318 e. The van der Waals surface area contributed by atoms with Crippen LogP contribution in [0.25, 0.3) is 10.8 Å². The van der Waals surface area contributed by atoms with Gasteiger partial charge in [0.1, 0.15) is 30.6 Å². The molecule has 0 aliphatic carbocycles. The molecule has 41 heavy (non-hydrogen) atoms. The topological polar surface area (TPSA) is 74.3 Å². The molecule has 9 nitrogen and oxygen atoms in total. The van der Waals surface area contributed by atoms with Crippen molar-refractivity contribution in [2.75, 3.05) is 75.9 Å². The lowest BCUT2D eigenvalue weighted by Crippen LogP contribution is -2.45. The maximum absolute atomic E-state index is 13.6. The molecule has 4 heterocycles. The lowest BCUT2D eigenvalue weighted by Gasteiger charge is -2.38. The number of alkyl halides is 1. The molecule has 3 aliphatic heterocycles. The van der Waals surface area contributed by atoms with Crippen molar-refractivity contribution in [2.45, 2.75) is 25.6 Å². The number of anilines is 2. The van der Waals surface area contributed by atoms with Crippen LogP contribution < -0.4 is 19.3 Å². The van der Waals surface area contributed by atoms with E-state index in [0.717, 1.165) is 85.9 Å². The molecule has 0 saturated carbocycles. The van der Waals surface area contributed by atoms with Crippen LogP contribution in [0.2, 0.25) is 0 Å². The zero-order valence-corrected chi connectivity index (χ0v) is 23.5. The van der Waals surface area contributed by atoms with Crippen molar-refractivity contribution in [3.63, 3.8) is 0 Å². The highest BCUT2D eigenvalue weighted by Crippen LogP contribution is 2.36. The highest BCUT2D eigenvalue weighted by molar-refractivity contribution is 5.95. The van der Waals surface area contributed by atoms with Gasteiger partial charge in [-0.25, -0.2) is 4.39 Å². The third kappa shape index (κ3) is 6.07. The van der Waals surface area contributed by atoms with E-state index in [9.17, 15) is 9.18 Å². The molecule has 1 atom stereocenters. The Labute approximate surface area is 240 Å². The van der Waals surface area contributed by atoms with Crippen molar-refractivity contribution >= 4 is 28.6 Å². The van der Waals surface area contributed by atoms with Crippen LogP contribution in [0.3, 0.4) is 0 Å². The third-order valence-corrected chi connectivity index (χ3v) is 8.26. The van der Waals surface area contributed by atoms with E-state index in [1.165, 1.54) is 11.5 Å². The van der Waals surface area contributed by atoms with E-state index >= 15 is 0 Å². The Hall–Kier alpha value is -3.92. The number of benzene rings is 2. The fourth-order valence-electron chi connectivity index (χ4n) is 6.06. The molecule has 3 aliphatic rings. The van der Waals surface area contributed by atoms with Gasteiger partial charge in [0.25, 0.3) is 0 Å². The van der Waals surface area contributed by atoms with Crippen LogP contribution in [-0.4, -0.2) is 98.3 Å². The number of allylic oxidation sites excluding steroid dienone is 1. The number of aldehydes is 1. The number of methoxy groups -OCH3 is 1. The molecular weight excluding hydrogens is 523 g/mol. The SMILES string of the molecule is COc1cc(N2CCc3c(nc(OCCN4CC[C@H](F)C4)nc3N3CCN(C=CC=O)CC3)C2)c2ccccc2c1. The predicted molar refractivity (Wildman–Crippen MR) is 158 cm³/mol. The van der Waals surface area contributed by atoms with E-state index in [0.29, 0.717) is 38.7 Å². The van der Waals surface area contributed by atoms with Crippen LogP contribution in [0, 0.1) is 0 Å². The number of halogens is 1. The highest BCUT2D eigenvalue weighted by atomic mass is 19.1. The normalized spacial score (nSPS) is 19.7. The standard InChI is InChI=1S/C31H37FN6O3/c1-40-25-19-23-5-2-3-6-26(23)29(20-25)38-11-8-27-28(22-38)33-31(41-18-16-36-10-7-24(32)21-36)34-30(27)37-14-12-35(13-15-37)9-4-17-39/h2-6,9,17,19-20,24H,7-8,10-16,18,21-22H2,1H3/t24-/m0/s1. The van der Waals surface area contributed by atoms with Crippen molar-refractivity contribution in [1.82, 2.24) is 19.8 Å². The first-order chi connectivity index (χ1) is 20.1. The van der Waals surface area contributed by atoms with Gasteiger partial charge < -0.3 is 24.2 Å². The molecule has 0 bridgehead atoms. The number of hydrogen-bond donors (Lipinski definition) is 0. The Morgan fingerprint density at radius 1 is 1.05 bits per heavy atom. The summed E-state index contributed by atoms with van der Waals surface area (Å²) >= 11 is 0. The number of ether oxygens (including phenoxy) is 2. The van der Waals surface area contributed by atoms with Gasteiger partial charge >= 0.3 is 6.01 Å². The molecule has 216 valence electrons. The monoisotopic (exact) mass is 560 g/mol. The molecule has 0 unspecified atom stereocenters. The van der Waals surface area contributed by atoms with Gasteiger partial charge in [-0.1, -0.05) is 24.3 Å². The van der Waals surface area contributed by atoms with Crippen LogP contribution in [0.4, 0.5) is 15.9 Å². The first-order valence-electron chi connectivity index (χ1n) is 14.4. The third-order valence-electron chi connectivity index (χ3n) is 8.26. The van der Waals surface area contributed by atoms with E-state index < -0.39 is 6.17 Å². The summed E-state index contributed by atoms with van der Waals surface area (Å²) in [5.41, 5.74) is 3.26. The first-order valence-corrected chi connectivity index (χ1v) is 14.4. The second kappa shape index (κ2) is 12.3. The Bertz CT molecular complexity index is 1410. The molecule has 2 saturated heterocycles. The van der Waals surface area contributed by atoms with Gasteiger partial charge in [-0.3, -0.25) is 9.69 Å². The average molecular weight is 561 g/mol. The van der Waals surface area contributed by atoms with Crippen LogP contribution in [0.5, 0.6) is 11.8 Å². The number of aromatic nitrogens is 2.